The summed E-state index contributed by atoms with van der Waals surface area (Å²) in [7, 11) is 1.98. The summed E-state index contributed by atoms with van der Waals surface area (Å²) in [5.74, 6) is 0. The first kappa shape index (κ1) is 6.82. The van der Waals surface area contributed by atoms with E-state index in [4.69, 9.17) is 5.73 Å². The normalized spacial score (nSPS) is 23.3. The van der Waals surface area contributed by atoms with E-state index in [1.54, 1.807) is 0 Å². The van der Waals surface area contributed by atoms with E-state index in [0.717, 1.165) is 18.8 Å². The minimum Gasteiger partial charge on any atom is -0.336 e. The molecule has 4 heteroatoms. The van der Waals surface area contributed by atoms with Crippen LogP contribution in [0.5, 0.6) is 0 Å². The average molecular weight is 152 g/mol. The van der Waals surface area contributed by atoms with Gasteiger partial charge in [0.15, 0.2) is 0 Å². The Morgan fingerprint density at radius 3 is 3.36 bits per heavy atom. The van der Waals surface area contributed by atoms with Crippen LogP contribution in [0, 0.1) is 0 Å². The molecule has 0 aromatic carbocycles. The maximum atomic E-state index is 5.87. The number of nitrogens with one attached hydrogen (secondary N) is 1. The minimum atomic E-state index is 0.103. The van der Waals surface area contributed by atoms with Crippen LogP contribution in [0.4, 0.5) is 0 Å². The van der Waals surface area contributed by atoms with Gasteiger partial charge in [-0.25, -0.2) is 4.98 Å². The molecule has 3 N–H and O–H groups in total. The van der Waals surface area contributed by atoms with E-state index < -0.39 is 0 Å². The summed E-state index contributed by atoms with van der Waals surface area (Å²) in [6.07, 6.45) is 1.82. The number of aryl methyl sites for hydroxylation is 1. The molecule has 1 atom stereocenters. The first-order valence-corrected chi connectivity index (χ1v) is 3.75. The maximum absolute atomic E-state index is 5.87. The number of hydrogen-bond donors (Lipinski definition) is 2. The van der Waals surface area contributed by atoms with Gasteiger partial charge in [0.1, 0.15) is 0 Å². The standard InChI is InChI=1S/C7H12N4/c1-11-4-10-6-3-9-2-5(8)7(6)11/h4-5,9H,2-3,8H2,1H3. The third-order valence-corrected chi connectivity index (χ3v) is 2.07. The molecule has 60 valence electrons. The summed E-state index contributed by atoms with van der Waals surface area (Å²) in [4.78, 5) is 4.23. The smallest absolute Gasteiger partial charge is 0.0950 e. The zero-order chi connectivity index (χ0) is 7.84. The Morgan fingerprint density at radius 1 is 1.82 bits per heavy atom. The van der Waals surface area contributed by atoms with Crippen molar-refractivity contribution in [1.29, 1.82) is 0 Å². The van der Waals surface area contributed by atoms with Gasteiger partial charge >= 0.3 is 0 Å². The molecule has 11 heavy (non-hydrogen) atoms. The summed E-state index contributed by atoms with van der Waals surface area (Å²) < 4.78 is 2.00. The first-order valence-electron chi connectivity index (χ1n) is 3.75. The van der Waals surface area contributed by atoms with Crippen LogP contribution in [-0.4, -0.2) is 16.1 Å². The largest absolute Gasteiger partial charge is 0.336 e. The van der Waals surface area contributed by atoms with Crippen molar-refractivity contribution in [2.24, 2.45) is 12.8 Å². The van der Waals surface area contributed by atoms with E-state index in [2.05, 4.69) is 10.3 Å². The highest BCUT2D eigenvalue weighted by Gasteiger charge is 2.19. The Balaban J connectivity index is 2.48. The van der Waals surface area contributed by atoms with Gasteiger partial charge in [-0.05, 0) is 0 Å². The van der Waals surface area contributed by atoms with Crippen molar-refractivity contribution < 1.29 is 0 Å². The molecule has 2 rings (SSSR count). The maximum Gasteiger partial charge on any atom is 0.0950 e. The number of nitrogens with two attached hydrogens (primary N) is 1. The molecule has 0 fully saturated rings. The second-order valence-corrected chi connectivity index (χ2v) is 2.92. The lowest BCUT2D eigenvalue weighted by atomic mass is 10.1. The number of hydrogen-bond acceptors (Lipinski definition) is 3. The fourth-order valence-corrected chi connectivity index (χ4v) is 1.54. The molecule has 4 nitrogen and oxygen atoms in total. The van der Waals surface area contributed by atoms with Crippen LogP contribution in [-0.2, 0) is 13.6 Å². The second kappa shape index (κ2) is 2.32. The molecule has 0 saturated heterocycles. The Morgan fingerprint density at radius 2 is 2.64 bits per heavy atom. The highest BCUT2D eigenvalue weighted by molar-refractivity contribution is 5.19. The van der Waals surface area contributed by atoms with Crippen LogP contribution in [0.15, 0.2) is 6.33 Å². The van der Waals surface area contributed by atoms with Gasteiger partial charge in [0.2, 0.25) is 0 Å². The molecule has 1 aromatic rings. The Kier molecular flexibility index (Phi) is 1.44. The molecule has 0 spiro atoms. The SMILES string of the molecule is Cn1cnc2c1C(N)CNC2. The third-order valence-electron chi connectivity index (χ3n) is 2.07. The van der Waals surface area contributed by atoms with Crippen molar-refractivity contribution in [2.45, 2.75) is 12.6 Å². The average Bonchev–Trinajstić information content (AvgIpc) is 2.34. The molecule has 1 aliphatic rings. The van der Waals surface area contributed by atoms with Gasteiger partial charge in [-0.2, -0.15) is 0 Å². The predicted molar refractivity (Wildman–Crippen MR) is 41.8 cm³/mol. The van der Waals surface area contributed by atoms with Crippen molar-refractivity contribution >= 4 is 0 Å². The van der Waals surface area contributed by atoms with Crippen molar-refractivity contribution in [3.63, 3.8) is 0 Å². The summed E-state index contributed by atoms with van der Waals surface area (Å²) in [6.45, 7) is 1.70. The lowest BCUT2D eigenvalue weighted by molar-refractivity contribution is 0.525. The van der Waals surface area contributed by atoms with E-state index in [9.17, 15) is 0 Å². The highest BCUT2D eigenvalue weighted by atomic mass is 15.1. The molecular formula is C7H12N4. The van der Waals surface area contributed by atoms with E-state index in [1.807, 2.05) is 17.9 Å². The molecule has 1 unspecified atom stereocenters. The molecule has 2 heterocycles. The number of nitrogens with zero attached hydrogens (tertiary/aromatic N) is 2. The van der Waals surface area contributed by atoms with Gasteiger partial charge in [0.05, 0.1) is 23.8 Å². The predicted octanol–water partition coefficient (Wildman–Crippen LogP) is -0.477. The molecule has 0 saturated carbocycles. The van der Waals surface area contributed by atoms with Crippen molar-refractivity contribution in [3.8, 4) is 0 Å². The third kappa shape index (κ3) is 0.948. The van der Waals surface area contributed by atoms with E-state index in [0.29, 0.717) is 0 Å². The quantitative estimate of drug-likeness (QED) is 0.528. The topological polar surface area (TPSA) is 55.9 Å². The Hall–Kier alpha value is -0.870. The lowest BCUT2D eigenvalue weighted by Crippen LogP contribution is -2.33. The Labute approximate surface area is 65.4 Å². The van der Waals surface area contributed by atoms with Gasteiger partial charge in [-0.3, -0.25) is 0 Å². The van der Waals surface area contributed by atoms with Crippen LogP contribution in [0.2, 0.25) is 0 Å². The second-order valence-electron chi connectivity index (χ2n) is 2.92. The zero-order valence-corrected chi connectivity index (χ0v) is 6.54. The van der Waals surface area contributed by atoms with Crippen LogP contribution in [0.1, 0.15) is 17.4 Å². The van der Waals surface area contributed by atoms with Gasteiger partial charge < -0.3 is 15.6 Å². The number of aromatic nitrogens is 2. The first-order chi connectivity index (χ1) is 5.29. The number of fused-ring (bicyclic) bond motifs is 1. The lowest BCUT2D eigenvalue weighted by Gasteiger charge is -2.20. The molecule has 0 bridgehead atoms. The monoisotopic (exact) mass is 152 g/mol. The van der Waals surface area contributed by atoms with E-state index in [1.165, 1.54) is 5.69 Å². The van der Waals surface area contributed by atoms with Gasteiger partial charge in [-0.1, -0.05) is 0 Å². The van der Waals surface area contributed by atoms with E-state index in [-0.39, 0.29) is 6.04 Å². The van der Waals surface area contributed by atoms with Gasteiger partial charge in [-0.15, -0.1) is 0 Å². The summed E-state index contributed by atoms with van der Waals surface area (Å²) in [5.41, 5.74) is 8.13. The number of rotatable bonds is 0. The van der Waals surface area contributed by atoms with Crippen LogP contribution < -0.4 is 11.1 Å². The molecule has 0 aliphatic carbocycles. The summed E-state index contributed by atoms with van der Waals surface area (Å²) in [6, 6.07) is 0.103. The van der Waals surface area contributed by atoms with Crippen LogP contribution >= 0.6 is 0 Å². The molecule has 1 aliphatic heterocycles. The van der Waals surface area contributed by atoms with Crippen molar-refractivity contribution in [3.05, 3.63) is 17.7 Å². The fourth-order valence-electron chi connectivity index (χ4n) is 1.54. The van der Waals surface area contributed by atoms with E-state index >= 15 is 0 Å². The molecule has 0 radical (unpaired) electrons. The zero-order valence-electron chi connectivity index (χ0n) is 6.54. The van der Waals surface area contributed by atoms with Gasteiger partial charge in [0, 0.05) is 20.1 Å². The molecule has 0 amide bonds. The molecule has 1 aromatic heterocycles. The van der Waals surface area contributed by atoms with Gasteiger partial charge in [0.25, 0.3) is 0 Å². The summed E-state index contributed by atoms with van der Waals surface area (Å²) in [5, 5.41) is 3.20. The Bertz CT molecular complexity index is 265. The molecular weight excluding hydrogens is 140 g/mol. The van der Waals surface area contributed by atoms with Crippen molar-refractivity contribution in [2.75, 3.05) is 6.54 Å². The number of imidazole rings is 1. The fraction of sp³-hybridized carbons (Fsp3) is 0.571. The van der Waals surface area contributed by atoms with Crippen LogP contribution in [0.3, 0.4) is 0 Å². The van der Waals surface area contributed by atoms with Crippen molar-refractivity contribution in [1.82, 2.24) is 14.9 Å². The highest BCUT2D eigenvalue weighted by Crippen LogP contribution is 2.17. The van der Waals surface area contributed by atoms with Crippen LogP contribution in [0.25, 0.3) is 0 Å². The minimum absolute atomic E-state index is 0.103. The summed E-state index contributed by atoms with van der Waals surface area (Å²) >= 11 is 0.